The highest BCUT2D eigenvalue weighted by Crippen LogP contribution is 2.43. The van der Waals surface area contributed by atoms with Gasteiger partial charge in [0.2, 0.25) is 0 Å². The molecule has 1 saturated heterocycles. The molecule has 2 aromatic rings. The van der Waals surface area contributed by atoms with Crippen molar-refractivity contribution < 1.29 is 27.1 Å². The van der Waals surface area contributed by atoms with Crippen LogP contribution in [0.3, 0.4) is 0 Å². The predicted molar refractivity (Wildman–Crippen MR) is 116 cm³/mol. The molecule has 0 saturated carbocycles. The zero-order valence-electron chi connectivity index (χ0n) is 18.2. The van der Waals surface area contributed by atoms with E-state index >= 15 is 0 Å². The Balaban J connectivity index is 1.66. The third-order valence-corrected chi connectivity index (χ3v) is 7.83. The normalized spacial score (nSPS) is 21.4. The number of ether oxygens (including phenoxy) is 2. The molecular formula is C22H27NO7S. The average molecular weight is 450 g/mol. The monoisotopic (exact) mass is 449 g/mol. The van der Waals surface area contributed by atoms with Crippen LogP contribution in [0.2, 0.25) is 0 Å². The third-order valence-electron chi connectivity index (χ3n) is 6.07. The number of carbonyl (C=O) groups excluding carboxylic acids is 1. The van der Waals surface area contributed by atoms with Gasteiger partial charge >= 0.3 is 5.63 Å². The van der Waals surface area contributed by atoms with Crippen molar-refractivity contribution in [3.63, 3.8) is 0 Å². The molecule has 1 aromatic carbocycles. The van der Waals surface area contributed by atoms with Gasteiger partial charge in [-0.05, 0) is 52.5 Å². The molecule has 31 heavy (non-hydrogen) atoms. The summed E-state index contributed by atoms with van der Waals surface area (Å²) in [6, 6.07) is 1.35. The molecule has 2 aliphatic heterocycles. The lowest BCUT2D eigenvalue weighted by Crippen LogP contribution is -2.38. The Morgan fingerprint density at radius 3 is 2.71 bits per heavy atom. The summed E-state index contributed by atoms with van der Waals surface area (Å²) in [7, 11) is -3.09. The van der Waals surface area contributed by atoms with Gasteiger partial charge in [-0.15, -0.1) is 0 Å². The summed E-state index contributed by atoms with van der Waals surface area (Å²) in [6.45, 7) is 7.20. The van der Waals surface area contributed by atoms with Gasteiger partial charge in [0.1, 0.15) is 22.7 Å². The van der Waals surface area contributed by atoms with Crippen LogP contribution >= 0.6 is 0 Å². The highest BCUT2D eigenvalue weighted by atomic mass is 32.2. The highest BCUT2D eigenvalue weighted by Gasteiger charge is 2.32. The van der Waals surface area contributed by atoms with Gasteiger partial charge in [0.15, 0.2) is 16.4 Å². The van der Waals surface area contributed by atoms with E-state index in [0.29, 0.717) is 40.9 Å². The third kappa shape index (κ3) is 4.28. The van der Waals surface area contributed by atoms with Crippen molar-refractivity contribution in [1.82, 2.24) is 5.32 Å². The molecule has 0 unspecified atom stereocenters. The first-order valence-corrected chi connectivity index (χ1v) is 12.2. The van der Waals surface area contributed by atoms with Gasteiger partial charge in [-0.3, -0.25) is 4.79 Å². The molecule has 0 spiro atoms. The van der Waals surface area contributed by atoms with E-state index in [1.54, 1.807) is 13.0 Å². The second-order valence-corrected chi connectivity index (χ2v) is 11.2. The Hall–Kier alpha value is -2.55. The van der Waals surface area contributed by atoms with E-state index in [2.05, 4.69) is 5.32 Å². The van der Waals surface area contributed by atoms with Crippen molar-refractivity contribution in [2.75, 3.05) is 18.1 Å². The molecule has 0 bridgehead atoms. The van der Waals surface area contributed by atoms with E-state index < -0.39 is 27.4 Å². The fraction of sp³-hybridized carbons (Fsp3) is 0.545. The largest absolute Gasteiger partial charge is 0.487 e. The minimum Gasteiger partial charge on any atom is -0.487 e. The molecule has 4 rings (SSSR count). The zero-order chi connectivity index (χ0) is 22.6. The van der Waals surface area contributed by atoms with E-state index in [-0.39, 0.29) is 23.7 Å². The van der Waals surface area contributed by atoms with E-state index in [1.807, 2.05) is 20.8 Å². The summed E-state index contributed by atoms with van der Waals surface area (Å²) in [5.74, 6) is 0.602. The van der Waals surface area contributed by atoms with Crippen LogP contribution in [-0.4, -0.2) is 44.1 Å². The lowest BCUT2D eigenvalue weighted by atomic mass is 9.92. The van der Waals surface area contributed by atoms with Crippen molar-refractivity contribution in [1.29, 1.82) is 0 Å². The molecule has 0 radical (unpaired) electrons. The van der Waals surface area contributed by atoms with E-state index in [0.717, 1.165) is 17.5 Å². The summed E-state index contributed by atoms with van der Waals surface area (Å²) >= 11 is 0. The second kappa shape index (κ2) is 7.55. The SMILES string of the molecule is Cc1c(C)c2c(OCC(=O)N[C@@H]3CCS(=O)(=O)C3)cc3c(c2oc1=O)CCC(C)(C)O3. The molecule has 1 atom stereocenters. The molecule has 9 heteroatoms. The first-order valence-electron chi connectivity index (χ1n) is 10.4. The number of hydrogen-bond donors (Lipinski definition) is 1. The maximum absolute atomic E-state index is 12.4. The fourth-order valence-electron chi connectivity index (χ4n) is 4.17. The number of nitrogens with one attached hydrogen (secondary N) is 1. The van der Waals surface area contributed by atoms with Gasteiger partial charge < -0.3 is 19.2 Å². The number of carbonyl (C=O) groups is 1. The quantitative estimate of drug-likeness (QED) is 0.712. The number of benzene rings is 1. The van der Waals surface area contributed by atoms with Gasteiger partial charge in [-0.1, -0.05) is 0 Å². The minimum absolute atomic E-state index is 0.0487. The minimum atomic E-state index is -3.09. The molecule has 1 aromatic heterocycles. The van der Waals surface area contributed by atoms with Crippen molar-refractivity contribution in [2.45, 2.75) is 58.6 Å². The van der Waals surface area contributed by atoms with Crippen molar-refractivity contribution >= 4 is 26.7 Å². The smallest absolute Gasteiger partial charge is 0.339 e. The summed E-state index contributed by atoms with van der Waals surface area (Å²) < 4.78 is 40.8. The number of rotatable bonds is 4. The number of fused-ring (bicyclic) bond motifs is 3. The van der Waals surface area contributed by atoms with Crippen molar-refractivity contribution in [3.8, 4) is 11.5 Å². The van der Waals surface area contributed by atoms with Gasteiger partial charge in [-0.2, -0.15) is 0 Å². The van der Waals surface area contributed by atoms with Gasteiger partial charge in [0.05, 0.1) is 16.9 Å². The van der Waals surface area contributed by atoms with Crippen LogP contribution < -0.4 is 20.4 Å². The molecule has 1 N–H and O–H groups in total. The summed E-state index contributed by atoms with van der Waals surface area (Å²) in [5.41, 5.74) is 1.69. The van der Waals surface area contributed by atoms with Crippen LogP contribution in [0.5, 0.6) is 11.5 Å². The van der Waals surface area contributed by atoms with Crippen LogP contribution in [0.4, 0.5) is 0 Å². The topological polar surface area (TPSA) is 112 Å². The van der Waals surface area contributed by atoms with Gasteiger partial charge in [-0.25, -0.2) is 13.2 Å². The standard InChI is InChI=1S/C22H27NO7S/c1-12-13(2)21(25)29-20-15-5-7-22(3,4)30-16(15)9-17(19(12)20)28-10-18(24)23-14-6-8-31(26,27)11-14/h9,14H,5-8,10-11H2,1-4H3,(H,23,24)/t14-/m1/s1. The second-order valence-electron chi connectivity index (χ2n) is 9.01. The molecule has 8 nitrogen and oxygen atoms in total. The van der Waals surface area contributed by atoms with Crippen molar-refractivity contribution in [3.05, 3.63) is 33.2 Å². The van der Waals surface area contributed by atoms with E-state index in [4.69, 9.17) is 13.9 Å². The van der Waals surface area contributed by atoms with Gasteiger partial charge in [0.25, 0.3) is 5.91 Å². The van der Waals surface area contributed by atoms with Crippen molar-refractivity contribution in [2.24, 2.45) is 0 Å². The fourth-order valence-corrected chi connectivity index (χ4v) is 5.84. The molecular weight excluding hydrogens is 422 g/mol. The van der Waals surface area contributed by atoms with Crippen LogP contribution in [-0.2, 0) is 21.1 Å². The molecule has 1 amide bonds. The van der Waals surface area contributed by atoms with E-state index in [9.17, 15) is 18.0 Å². The molecule has 3 heterocycles. The summed E-state index contributed by atoms with van der Waals surface area (Å²) in [5, 5.41) is 3.36. The summed E-state index contributed by atoms with van der Waals surface area (Å²) in [4.78, 5) is 24.7. The lowest BCUT2D eigenvalue weighted by Gasteiger charge is -2.33. The van der Waals surface area contributed by atoms with Crippen LogP contribution in [0.1, 0.15) is 43.4 Å². The maximum Gasteiger partial charge on any atom is 0.339 e. The first-order chi connectivity index (χ1) is 14.5. The Bertz CT molecular complexity index is 1230. The number of sulfone groups is 1. The Labute approximate surface area is 180 Å². The van der Waals surface area contributed by atoms with Gasteiger partial charge in [0, 0.05) is 23.2 Å². The zero-order valence-corrected chi connectivity index (χ0v) is 19.0. The van der Waals surface area contributed by atoms with Crippen LogP contribution in [0.25, 0.3) is 11.0 Å². The number of hydrogen-bond acceptors (Lipinski definition) is 7. The molecule has 168 valence electrons. The Morgan fingerprint density at radius 2 is 2.03 bits per heavy atom. The molecule has 2 aliphatic rings. The maximum atomic E-state index is 12.4. The van der Waals surface area contributed by atoms with Crippen LogP contribution in [0.15, 0.2) is 15.3 Å². The first kappa shape index (κ1) is 21.7. The summed E-state index contributed by atoms with van der Waals surface area (Å²) in [6.07, 6.45) is 1.88. The highest BCUT2D eigenvalue weighted by molar-refractivity contribution is 7.91. The van der Waals surface area contributed by atoms with E-state index in [1.165, 1.54) is 0 Å². The predicted octanol–water partition coefficient (Wildman–Crippen LogP) is 2.20. The number of aryl methyl sites for hydroxylation is 2. The Kier molecular flexibility index (Phi) is 5.28. The Morgan fingerprint density at radius 1 is 1.29 bits per heavy atom. The lowest BCUT2D eigenvalue weighted by molar-refractivity contribution is -0.123. The average Bonchev–Trinajstić information content (AvgIpc) is 3.01. The molecule has 0 aliphatic carbocycles. The molecule has 1 fully saturated rings. The number of amides is 1. The van der Waals surface area contributed by atoms with Crippen LogP contribution in [0, 0.1) is 13.8 Å².